The highest BCUT2D eigenvalue weighted by molar-refractivity contribution is 9.10. The average molecular weight is 370 g/mol. The highest BCUT2D eigenvalue weighted by Gasteiger charge is 2.15. The molecule has 0 atom stereocenters. The SMILES string of the molecule is Cc1ccc(Br)cc1NS(=O)(=O)c1ccc(CCO)cc1. The quantitative estimate of drug-likeness (QED) is 0.850. The molecule has 0 saturated carbocycles. The van der Waals surface area contributed by atoms with Gasteiger partial charge in [-0.05, 0) is 48.7 Å². The second kappa shape index (κ2) is 6.60. The van der Waals surface area contributed by atoms with Gasteiger partial charge in [-0.3, -0.25) is 4.72 Å². The lowest BCUT2D eigenvalue weighted by Crippen LogP contribution is -2.13. The summed E-state index contributed by atoms with van der Waals surface area (Å²) >= 11 is 3.33. The number of aryl methyl sites for hydroxylation is 1. The molecule has 21 heavy (non-hydrogen) atoms. The van der Waals surface area contributed by atoms with Crippen molar-refractivity contribution < 1.29 is 13.5 Å². The van der Waals surface area contributed by atoms with Gasteiger partial charge < -0.3 is 5.11 Å². The number of rotatable bonds is 5. The molecule has 0 saturated heterocycles. The zero-order valence-electron chi connectivity index (χ0n) is 11.5. The van der Waals surface area contributed by atoms with Gasteiger partial charge in [0.05, 0.1) is 10.6 Å². The molecule has 6 heteroatoms. The summed E-state index contributed by atoms with van der Waals surface area (Å²) in [6.45, 7) is 1.89. The van der Waals surface area contributed by atoms with E-state index in [1.54, 1.807) is 30.3 Å². The molecule has 0 aliphatic carbocycles. The molecule has 2 aromatic carbocycles. The molecule has 0 bridgehead atoms. The molecule has 0 aliphatic rings. The summed E-state index contributed by atoms with van der Waals surface area (Å²) in [5, 5.41) is 8.87. The van der Waals surface area contributed by atoms with E-state index in [1.165, 1.54) is 0 Å². The van der Waals surface area contributed by atoms with E-state index in [-0.39, 0.29) is 11.5 Å². The molecular formula is C15H16BrNO3S. The van der Waals surface area contributed by atoms with Gasteiger partial charge in [0.15, 0.2) is 0 Å². The maximum atomic E-state index is 12.4. The van der Waals surface area contributed by atoms with Crippen molar-refractivity contribution in [3.8, 4) is 0 Å². The number of anilines is 1. The van der Waals surface area contributed by atoms with Gasteiger partial charge in [0.25, 0.3) is 10.0 Å². The predicted octanol–water partition coefficient (Wildman–Crippen LogP) is 3.09. The number of hydrogen-bond donors (Lipinski definition) is 2. The summed E-state index contributed by atoms with van der Waals surface area (Å²) in [6, 6.07) is 11.9. The predicted molar refractivity (Wildman–Crippen MR) is 86.9 cm³/mol. The zero-order chi connectivity index (χ0) is 15.5. The number of benzene rings is 2. The van der Waals surface area contributed by atoms with Crippen LogP contribution in [0.1, 0.15) is 11.1 Å². The van der Waals surface area contributed by atoms with Gasteiger partial charge in [-0.1, -0.05) is 34.1 Å². The molecule has 0 aromatic heterocycles. The topological polar surface area (TPSA) is 66.4 Å². The molecule has 2 N–H and O–H groups in total. The summed E-state index contributed by atoms with van der Waals surface area (Å²) in [5.41, 5.74) is 2.29. The van der Waals surface area contributed by atoms with Crippen LogP contribution in [0.3, 0.4) is 0 Å². The number of aliphatic hydroxyl groups is 1. The average Bonchev–Trinajstić information content (AvgIpc) is 2.44. The third-order valence-electron chi connectivity index (χ3n) is 3.08. The number of halogens is 1. The largest absolute Gasteiger partial charge is 0.396 e. The minimum Gasteiger partial charge on any atom is -0.396 e. The molecule has 0 radical (unpaired) electrons. The van der Waals surface area contributed by atoms with Crippen molar-refractivity contribution in [2.45, 2.75) is 18.2 Å². The fourth-order valence-corrected chi connectivity index (χ4v) is 3.35. The fraction of sp³-hybridized carbons (Fsp3) is 0.200. The highest BCUT2D eigenvalue weighted by atomic mass is 79.9. The second-order valence-corrected chi connectivity index (χ2v) is 7.28. The molecule has 0 heterocycles. The van der Waals surface area contributed by atoms with Crippen LogP contribution in [0.25, 0.3) is 0 Å². The van der Waals surface area contributed by atoms with Crippen molar-refractivity contribution in [1.29, 1.82) is 0 Å². The van der Waals surface area contributed by atoms with Gasteiger partial charge in [0, 0.05) is 11.1 Å². The zero-order valence-corrected chi connectivity index (χ0v) is 13.9. The summed E-state index contributed by atoms with van der Waals surface area (Å²) in [4.78, 5) is 0.198. The second-order valence-electron chi connectivity index (χ2n) is 4.68. The Bertz CT molecular complexity index is 727. The Morgan fingerprint density at radius 3 is 2.43 bits per heavy atom. The van der Waals surface area contributed by atoms with Gasteiger partial charge >= 0.3 is 0 Å². The van der Waals surface area contributed by atoms with Crippen LogP contribution in [0.5, 0.6) is 0 Å². The fourth-order valence-electron chi connectivity index (χ4n) is 1.87. The molecule has 0 fully saturated rings. The van der Waals surface area contributed by atoms with Crippen LogP contribution < -0.4 is 4.72 Å². The van der Waals surface area contributed by atoms with Crippen molar-refractivity contribution in [1.82, 2.24) is 0 Å². The lowest BCUT2D eigenvalue weighted by atomic mass is 10.2. The number of hydrogen-bond acceptors (Lipinski definition) is 3. The standard InChI is InChI=1S/C15H16BrNO3S/c1-11-2-5-13(16)10-15(11)17-21(19,20)14-6-3-12(4-7-14)8-9-18/h2-7,10,17-18H,8-9H2,1H3. The van der Waals surface area contributed by atoms with E-state index in [9.17, 15) is 8.42 Å². The highest BCUT2D eigenvalue weighted by Crippen LogP contribution is 2.23. The summed E-state index contributed by atoms with van der Waals surface area (Å²) in [5.74, 6) is 0. The first-order chi connectivity index (χ1) is 9.92. The van der Waals surface area contributed by atoms with Crippen LogP contribution in [0.2, 0.25) is 0 Å². The molecule has 4 nitrogen and oxygen atoms in total. The Morgan fingerprint density at radius 1 is 1.14 bits per heavy atom. The molecule has 0 spiro atoms. The van der Waals surface area contributed by atoms with E-state index >= 15 is 0 Å². The first kappa shape index (κ1) is 16.0. The minimum absolute atomic E-state index is 0.0432. The Hall–Kier alpha value is -1.37. The van der Waals surface area contributed by atoms with Crippen molar-refractivity contribution in [3.63, 3.8) is 0 Å². The van der Waals surface area contributed by atoms with E-state index in [1.807, 2.05) is 19.1 Å². The lowest BCUT2D eigenvalue weighted by Gasteiger charge is -2.11. The van der Waals surface area contributed by atoms with E-state index in [2.05, 4.69) is 20.7 Å². The van der Waals surface area contributed by atoms with Crippen LogP contribution in [0.15, 0.2) is 51.8 Å². The summed E-state index contributed by atoms with van der Waals surface area (Å²) in [7, 11) is -3.62. The van der Waals surface area contributed by atoms with Crippen molar-refractivity contribution in [3.05, 3.63) is 58.1 Å². The molecule has 0 amide bonds. The molecular weight excluding hydrogens is 354 g/mol. The Morgan fingerprint density at radius 2 is 1.81 bits per heavy atom. The molecule has 0 unspecified atom stereocenters. The monoisotopic (exact) mass is 369 g/mol. The third-order valence-corrected chi connectivity index (χ3v) is 4.95. The van der Waals surface area contributed by atoms with Crippen LogP contribution in [0.4, 0.5) is 5.69 Å². The van der Waals surface area contributed by atoms with Gasteiger partial charge in [0.2, 0.25) is 0 Å². The molecule has 2 aromatic rings. The molecule has 0 aliphatic heterocycles. The summed E-state index contributed by atoms with van der Waals surface area (Å²) in [6.07, 6.45) is 0.512. The van der Waals surface area contributed by atoms with E-state index in [0.29, 0.717) is 12.1 Å². The van der Waals surface area contributed by atoms with Gasteiger partial charge in [-0.15, -0.1) is 0 Å². The van der Waals surface area contributed by atoms with Gasteiger partial charge in [0.1, 0.15) is 0 Å². The van der Waals surface area contributed by atoms with Crippen molar-refractivity contribution >= 4 is 31.6 Å². The van der Waals surface area contributed by atoms with E-state index in [0.717, 1.165) is 15.6 Å². The lowest BCUT2D eigenvalue weighted by molar-refractivity contribution is 0.299. The Balaban J connectivity index is 2.27. The minimum atomic E-state index is -3.62. The van der Waals surface area contributed by atoms with Crippen LogP contribution >= 0.6 is 15.9 Å². The van der Waals surface area contributed by atoms with Gasteiger partial charge in [-0.2, -0.15) is 0 Å². The third kappa shape index (κ3) is 4.06. The molecule has 2 rings (SSSR count). The number of nitrogens with one attached hydrogen (secondary N) is 1. The molecule has 112 valence electrons. The smallest absolute Gasteiger partial charge is 0.261 e. The first-order valence-electron chi connectivity index (χ1n) is 6.41. The number of aliphatic hydroxyl groups excluding tert-OH is 1. The maximum absolute atomic E-state index is 12.4. The van der Waals surface area contributed by atoms with Crippen molar-refractivity contribution in [2.75, 3.05) is 11.3 Å². The van der Waals surface area contributed by atoms with Crippen molar-refractivity contribution in [2.24, 2.45) is 0 Å². The number of sulfonamides is 1. The maximum Gasteiger partial charge on any atom is 0.261 e. The van der Waals surface area contributed by atoms with Crippen LogP contribution in [0, 0.1) is 6.92 Å². The van der Waals surface area contributed by atoms with Crippen LogP contribution in [-0.2, 0) is 16.4 Å². The Labute approximate surface area is 133 Å². The van der Waals surface area contributed by atoms with Crippen LogP contribution in [-0.4, -0.2) is 20.1 Å². The van der Waals surface area contributed by atoms with E-state index < -0.39 is 10.0 Å². The van der Waals surface area contributed by atoms with Gasteiger partial charge in [-0.25, -0.2) is 8.42 Å². The Kier molecular flexibility index (Phi) is 5.03. The first-order valence-corrected chi connectivity index (χ1v) is 8.69. The van der Waals surface area contributed by atoms with E-state index in [4.69, 9.17) is 5.11 Å². The summed E-state index contributed by atoms with van der Waals surface area (Å²) < 4.78 is 28.1. The normalized spacial score (nSPS) is 11.4.